The van der Waals surface area contributed by atoms with Crippen LogP contribution >= 0.6 is 0 Å². The highest BCUT2D eigenvalue weighted by molar-refractivity contribution is 6.23. The molecule has 0 unspecified atom stereocenters. The third-order valence-electron chi connectivity index (χ3n) is 8.47. The fraction of sp³-hybridized carbons (Fsp3) is 0. The molecule has 8 rings (SSSR count). The van der Waals surface area contributed by atoms with Crippen LogP contribution < -0.4 is 0 Å². The SMILES string of the molecule is c1ccc(-c2ccc(-c3ccc4cccc(-c5c6ccccc6c(-c6ccccc6)c6ccccc56)c4c3)cc2)cc1. The van der Waals surface area contributed by atoms with Gasteiger partial charge in [0.1, 0.15) is 0 Å². The molecule has 0 spiro atoms. The van der Waals surface area contributed by atoms with Crippen LogP contribution in [0.4, 0.5) is 0 Å². The summed E-state index contributed by atoms with van der Waals surface area (Å²) in [5, 5.41) is 7.63. The highest BCUT2D eigenvalue weighted by Gasteiger charge is 2.18. The average molecular weight is 533 g/mol. The normalized spacial score (nSPS) is 11.3. The minimum absolute atomic E-state index is 1.22. The highest BCUT2D eigenvalue weighted by Crippen LogP contribution is 2.45. The summed E-state index contributed by atoms with van der Waals surface area (Å²) < 4.78 is 0. The lowest BCUT2D eigenvalue weighted by Gasteiger charge is -2.19. The van der Waals surface area contributed by atoms with Crippen LogP contribution in [0.25, 0.3) is 76.8 Å². The van der Waals surface area contributed by atoms with Gasteiger partial charge in [-0.2, -0.15) is 0 Å². The molecular formula is C42H28. The van der Waals surface area contributed by atoms with Crippen LogP contribution in [0.5, 0.6) is 0 Å². The summed E-state index contributed by atoms with van der Waals surface area (Å²) in [6, 6.07) is 61.7. The van der Waals surface area contributed by atoms with Gasteiger partial charge in [-0.1, -0.05) is 164 Å². The smallest absolute Gasteiger partial charge is 0.00201 e. The van der Waals surface area contributed by atoms with Crippen molar-refractivity contribution >= 4 is 32.3 Å². The number of hydrogen-bond acceptors (Lipinski definition) is 0. The maximum absolute atomic E-state index is 2.37. The number of rotatable bonds is 4. The summed E-state index contributed by atoms with van der Waals surface area (Å²) in [6.07, 6.45) is 0. The van der Waals surface area contributed by atoms with Crippen LogP contribution in [-0.2, 0) is 0 Å². The summed E-state index contributed by atoms with van der Waals surface area (Å²) in [6.45, 7) is 0. The van der Waals surface area contributed by atoms with E-state index in [1.54, 1.807) is 0 Å². The Bertz CT molecular complexity index is 2150. The molecule has 42 heavy (non-hydrogen) atoms. The van der Waals surface area contributed by atoms with Crippen molar-refractivity contribution in [3.8, 4) is 44.5 Å². The molecule has 0 atom stereocenters. The molecule has 0 saturated carbocycles. The van der Waals surface area contributed by atoms with Gasteiger partial charge < -0.3 is 0 Å². The second-order valence-electron chi connectivity index (χ2n) is 10.9. The van der Waals surface area contributed by atoms with Crippen LogP contribution in [0.1, 0.15) is 0 Å². The molecule has 0 amide bonds. The van der Waals surface area contributed by atoms with Crippen LogP contribution in [0.15, 0.2) is 170 Å². The number of hydrogen-bond donors (Lipinski definition) is 0. The first kappa shape index (κ1) is 24.3. The summed E-state index contributed by atoms with van der Waals surface area (Å²) in [5.41, 5.74) is 10.0. The van der Waals surface area contributed by atoms with E-state index in [1.807, 2.05) is 0 Å². The van der Waals surface area contributed by atoms with Gasteiger partial charge in [0.2, 0.25) is 0 Å². The van der Waals surface area contributed by atoms with E-state index in [1.165, 1.54) is 76.8 Å². The monoisotopic (exact) mass is 532 g/mol. The Balaban J connectivity index is 1.36. The van der Waals surface area contributed by atoms with Gasteiger partial charge in [-0.05, 0) is 82.9 Å². The van der Waals surface area contributed by atoms with Crippen LogP contribution in [0.2, 0.25) is 0 Å². The molecule has 0 aliphatic heterocycles. The zero-order valence-corrected chi connectivity index (χ0v) is 23.2. The molecular weight excluding hydrogens is 504 g/mol. The van der Waals surface area contributed by atoms with Gasteiger partial charge in [0, 0.05) is 0 Å². The summed E-state index contributed by atoms with van der Waals surface area (Å²) in [4.78, 5) is 0. The van der Waals surface area contributed by atoms with E-state index in [-0.39, 0.29) is 0 Å². The van der Waals surface area contributed by atoms with Gasteiger partial charge in [-0.3, -0.25) is 0 Å². The van der Waals surface area contributed by atoms with Crippen molar-refractivity contribution in [2.45, 2.75) is 0 Å². The maximum atomic E-state index is 2.37. The average Bonchev–Trinajstić information content (AvgIpc) is 3.07. The molecule has 196 valence electrons. The Labute approximate surface area is 246 Å². The van der Waals surface area contributed by atoms with Crippen LogP contribution in [0.3, 0.4) is 0 Å². The molecule has 0 radical (unpaired) electrons. The number of benzene rings is 8. The topological polar surface area (TPSA) is 0 Å². The minimum Gasteiger partial charge on any atom is -0.0622 e. The minimum atomic E-state index is 1.22. The fourth-order valence-electron chi connectivity index (χ4n) is 6.49. The molecule has 0 heterocycles. The number of fused-ring (bicyclic) bond motifs is 3. The second-order valence-corrected chi connectivity index (χ2v) is 10.9. The fourth-order valence-corrected chi connectivity index (χ4v) is 6.49. The second kappa shape index (κ2) is 10.2. The molecule has 0 aliphatic carbocycles. The first-order chi connectivity index (χ1) is 20.8. The third kappa shape index (κ3) is 4.08. The van der Waals surface area contributed by atoms with Gasteiger partial charge in [0.25, 0.3) is 0 Å². The molecule has 0 nitrogen and oxygen atoms in total. The molecule has 0 heteroatoms. The molecule has 8 aromatic carbocycles. The van der Waals surface area contributed by atoms with Gasteiger partial charge in [0.15, 0.2) is 0 Å². The Morgan fingerprint density at radius 3 is 1.29 bits per heavy atom. The van der Waals surface area contributed by atoms with Crippen LogP contribution in [0, 0.1) is 0 Å². The Morgan fingerprint density at radius 1 is 0.238 bits per heavy atom. The van der Waals surface area contributed by atoms with Gasteiger partial charge >= 0.3 is 0 Å². The molecule has 0 aliphatic rings. The van der Waals surface area contributed by atoms with Crippen molar-refractivity contribution in [3.05, 3.63) is 170 Å². The summed E-state index contributed by atoms with van der Waals surface area (Å²) in [7, 11) is 0. The summed E-state index contributed by atoms with van der Waals surface area (Å²) in [5.74, 6) is 0. The van der Waals surface area contributed by atoms with Gasteiger partial charge in [0.05, 0.1) is 0 Å². The lowest BCUT2D eigenvalue weighted by Crippen LogP contribution is -1.91. The first-order valence-corrected chi connectivity index (χ1v) is 14.5. The van der Waals surface area contributed by atoms with E-state index in [4.69, 9.17) is 0 Å². The van der Waals surface area contributed by atoms with Crippen molar-refractivity contribution in [3.63, 3.8) is 0 Å². The molecule has 0 bridgehead atoms. The van der Waals surface area contributed by atoms with Crippen molar-refractivity contribution in [2.24, 2.45) is 0 Å². The lowest BCUT2D eigenvalue weighted by atomic mass is 9.84. The van der Waals surface area contributed by atoms with Crippen LogP contribution in [-0.4, -0.2) is 0 Å². The quantitative estimate of drug-likeness (QED) is 0.198. The largest absolute Gasteiger partial charge is 0.0622 e. The van der Waals surface area contributed by atoms with E-state index in [0.29, 0.717) is 0 Å². The maximum Gasteiger partial charge on any atom is -0.00201 e. The Hall–Kier alpha value is -5.46. The van der Waals surface area contributed by atoms with E-state index in [0.717, 1.165) is 0 Å². The lowest BCUT2D eigenvalue weighted by molar-refractivity contribution is 1.60. The van der Waals surface area contributed by atoms with Crippen molar-refractivity contribution in [1.82, 2.24) is 0 Å². The zero-order chi connectivity index (χ0) is 27.9. The first-order valence-electron chi connectivity index (χ1n) is 14.5. The predicted octanol–water partition coefficient (Wildman–Crippen LogP) is 11.8. The molecule has 0 N–H and O–H groups in total. The van der Waals surface area contributed by atoms with E-state index in [9.17, 15) is 0 Å². The Kier molecular flexibility index (Phi) is 5.90. The highest BCUT2D eigenvalue weighted by atomic mass is 14.2. The third-order valence-corrected chi connectivity index (χ3v) is 8.47. The molecule has 8 aromatic rings. The van der Waals surface area contributed by atoms with Crippen molar-refractivity contribution in [1.29, 1.82) is 0 Å². The van der Waals surface area contributed by atoms with E-state index >= 15 is 0 Å². The Morgan fingerprint density at radius 2 is 0.690 bits per heavy atom. The molecule has 0 fully saturated rings. The standard InChI is InChI=1S/C42H28/c1-3-12-29(13-4-1)30-22-24-31(25-23-30)34-27-26-32-16-11-21-39(40(32)28-34)42-37-19-9-7-17-35(37)41(33-14-5-2-6-15-33)36-18-8-10-20-38(36)42/h1-28H. The summed E-state index contributed by atoms with van der Waals surface area (Å²) >= 11 is 0. The van der Waals surface area contributed by atoms with Crippen molar-refractivity contribution < 1.29 is 0 Å². The van der Waals surface area contributed by atoms with Crippen molar-refractivity contribution in [2.75, 3.05) is 0 Å². The predicted molar refractivity (Wildman–Crippen MR) is 181 cm³/mol. The van der Waals surface area contributed by atoms with Gasteiger partial charge in [-0.25, -0.2) is 0 Å². The zero-order valence-electron chi connectivity index (χ0n) is 23.2. The molecule has 0 aromatic heterocycles. The van der Waals surface area contributed by atoms with E-state index < -0.39 is 0 Å². The van der Waals surface area contributed by atoms with Gasteiger partial charge in [-0.15, -0.1) is 0 Å². The van der Waals surface area contributed by atoms with E-state index in [2.05, 4.69) is 170 Å². The molecule has 0 saturated heterocycles.